The van der Waals surface area contributed by atoms with Gasteiger partial charge in [0.15, 0.2) is 5.78 Å². The predicted octanol–water partition coefficient (Wildman–Crippen LogP) is 4.49. The molecule has 0 radical (unpaired) electrons. The van der Waals surface area contributed by atoms with Crippen LogP contribution in [0.3, 0.4) is 0 Å². The summed E-state index contributed by atoms with van der Waals surface area (Å²) in [4.78, 5) is 12.5. The molecule has 104 valence electrons. The molecule has 0 N–H and O–H groups in total. The summed E-state index contributed by atoms with van der Waals surface area (Å²) in [5, 5.41) is 0. The van der Waals surface area contributed by atoms with E-state index in [-0.39, 0.29) is 11.6 Å². The molecule has 0 atom stereocenters. The molecule has 20 heavy (non-hydrogen) atoms. The first kappa shape index (κ1) is 14.4. The van der Waals surface area contributed by atoms with Crippen LogP contribution >= 0.6 is 0 Å². The van der Waals surface area contributed by atoms with E-state index in [1.54, 1.807) is 6.07 Å². The second kappa shape index (κ2) is 6.00. The molecular weight excluding hydrogens is 251 g/mol. The number of carbonyl (C=O) groups is 1. The fraction of sp³-hybridized carbons (Fsp3) is 0.278. The van der Waals surface area contributed by atoms with Gasteiger partial charge in [0, 0.05) is 11.1 Å². The van der Waals surface area contributed by atoms with Crippen molar-refractivity contribution < 1.29 is 9.18 Å². The monoisotopic (exact) mass is 270 g/mol. The summed E-state index contributed by atoms with van der Waals surface area (Å²) in [6.07, 6.45) is 1.85. The Bertz CT molecular complexity index is 644. The molecular formula is C18H19FO. The average molecular weight is 270 g/mol. The van der Waals surface area contributed by atoms with Crippen LogP contribution in [0.1, 0.15) is 46.5 Å². The Morgan fingerprint density at radius 3 is 2.35 bits per heavy atom. The SMILES string of the molecule is CCc1ccc(C(=O)c2cc(F)ccc2C)cc1CC. The lowest BCUT2D eigenvalue weighted by Crippen LogP contribution is -2.06. The van der Waals surface area contributed by atoms with E-state index in [0.717, 1.165) is 18.4 Å². The highest BCUT2D eigenvalue weighted by Crippen LogP contribution is 2.19. The second-order valence-corrected chi connectivity index (χ2v) is 4.98. The van der Waals surface area contributed by atoms with Gasteiger partial charge >= 0.3 is 0 Å². The largest absolute Gasteiger partial charge is 0.289 e. The molecule has 0 saturated heterocycles. The number of hydrogen-bond donors (Lipinski definition) is 0. The van der Waals surface area contributed by atoms with Crippen LogP contribution < -0.4 is 0 Å². The molecule has 0 aliphatic carbocycles. The van der Waals surface area contributed by atoms with Crippen molar-refractivity contribution in [3.05, 3.63) is 70.0 Å². The van der Waals surface area contributed by atoms with Crippen molar-refractivity contribution in [3.63, 3.8) is 0 Å². The van der Waals surface area contributed by atoms with Crippen LogP contribution in [0.2, 0.25) is 0 Å². The molecule has 2 heteroatoms. The molecule has 1 nitrogen and oxygen atoms in total. The molecule has 2 aromatic carbocycles. The number of rotatable bonds is 4. The second-order valence-electron chi connectivity index (χ2n) is 4.98. The highest BCUT2D eigenvalue weighted by molar-refractivity contribution is 6.10. The summed E-state index contributed by atoms with van der Waals surface area (Å²) < 4.78 is 13.3. The van der Waals surface area contributed by atoms with Crippen LogP contribution in [0.5, 0.6) is 0 Å². The van der Waals surface area contributed by atoms with Crippen molar-refractivity contribution in [2.24, 2.45) is 0 Å². The Hall–Kier alpha value is -1.96. The van der Waals surface area contributed by atoms with Gasteiger partial charge in [-0.1, -0.05) is 32.0 Å². The number of aryl methyl sites for hydroxylation is 3. The number of ketones is 1. The lowest BCUT2D eigenvalue weighted by Gasteiger charge is -2.10. The first-order valence-electron chi connectivity index (χ1n) is 6.99. The minimum absolute atomic E-state index is 0.112. The number of carbonyl (C=O) groups excluding carboxylic acids is 1. The molecule has 0 aliphatic heterocycles. The van der Waals surface area contributed by atoms with Crippen molar-refractivity contribution in [1.82, 2.24) is 0 Å². The Labute approximate surface area is 119 Å². The topological polar surface area (TPSA) is 17.1 Å². The van der Waals surface area contributed by atoms with Gasteiger partial charge in [-0.15, -0.1) is 0 Å². The van der Waals surface area contributed by atoms with Gasteiger partial charge in [0.25, 0.3) is 0 Å². The van der Waals surface area contributed by atoms with Gasteiger partial charge < -0.3 is 0 Å². The summed E-state index contributed by atoms with van der Waals surface area (Å²) >= 11 is 0. The van der Waals surface area contributed by atoms with E-state index in [2.05, 4.69) is 13.8 Å². The van der Waals surface area contributed by atoms with Crippen LogP contribution in [0.4, 0.5) is 4.39 Å². The summed E-state index contributed by atoms with van der Waals surface area (Å²) in [6.45, 7) is 6.01. The molecule has 0 unspecified atom stereocenters. The number of halogens is 1. The summed E-state index contributed by atoms with van der Waals surface area (Å²) in [6, 6.07) is 10.1. The van der Waals surface area contributed by atoms with Gasteiger partial charge in [0.05, 0.1) is 0 Å². The van der Waals surface area contributed by atoms with Crippen LogP contribution in [0.25, 0.3) is 0 Å². The van der Waals surface area contributed by atoms with E-state index >= 15 is 0 Å². The average Bonchev–Trinajstić information content (AvgIpc) is 2.48. The van der Waals surface area contributed by atoms with Gasteiger partial charge in [-0.05, 0) is 54.7 Å². The molecule has 2 rings (SSSR count). The molecule has 0 amide bonds. The predicted molar refractivity (Wildman–Crippen MR) is 79.8 cm³/mol. The minimum Gasteiger partial charge on any atom is -0.289 e. The van der Waals surface area contributed by atoms with E-state index in [1.807, 2.05) is 25.1 Å². The normalized spacial score (nSPS) is 10.6. The van der Waals surface area contributed by atoms with E-state index in [0.29, 0.717) is 11.1 Å². The zero-order chi connectivity index (χ0) is 14.7. The Kier molecular flexibility index (Phi) is 4.33. The first-order chi connectivity index (χ1) is 9.56. The minimum atomic E-state index is -0.375. The third-order valence-corrected chi connectivity index (χ3v) is 3.67. The Morgan fingerprint density at radius 1 is 1.00 bits per heavy atom. The van der Waals surface area contributed by atoms with Crippen molar-refractivity contribution in [2.75, 3.05) is 0 Å². The number of hydrogen-bond acceptors (Lipinski definition) is 1. The Balaban J connectivity index is 2.45. The van der Waals surface area contributed by atoms with Gasteiger partial charge in [-0.2, -0.15) is 0 Å². The van der Waals surface area contributed by atoms with E-state index in [1.165, 1.54) is 23.3 Å². The molecule has 0 fully saturated rings. The van der Waals surface area contributed by atoms with Crippen molar-refractivity contribution in [3.8, 4) is 0 Å². The van der Waals surface area contributed by atoms with Crippen molar-refractivity contribution in [1.29, 1.82) is 0 Å². The van der Waals surface area contributed by atoms with Gasteiger partial charge in [-0.25, -0.2) is 4.39 Å². The molecule has 0 saturated carbocycles. The van der Waals surface area contributed by atoms with Gasteiger partial charge in [0.1, 0.15) is 5.82 Å². The summed E-state index contributed by atoms with van der Waals surface area (Å²) in [5.41, 5.74) is 4.32. The van der Waals surface area contributed by atoms with Crippen LogP contribution in [0.15, 0.2) is 36.4 Å². The van der Waals surface area contributed by atoms with E-state index in [4.69, 9.17) is 0 Å². The lowest BCUT2D eigenvalue weighted by molar-refractivity contribution is 0.103. The van der Waals surface area contributed by atoms with E-state index in [9.17, 15) is 9.18 Å². The molecule has 0 bridgehead atoms. The zero-order valence-electron chi connectivity index (χ0n) is 12.2. The van der Waals surface area contributed by atoms with Crippen molar-refractivity contribution in [2.45, 2.75) is 33.6 Å². The Morgan fingerprint density at radius 2 is 1.70 bits per heavy atom. The molecule has 0 aliphatic rings. The molecule has 2 aromatic rings. The zero-order valence-corrected chi connectivity index (χ0v) is 12.2. The smallest absolute Gasteiger partial charge is 0.193 e. The molecule has 0 heterocycles. The number of benzene rings is 2. The fourth-order valence-electron chi connectivity index (χ4n) is 2.44. The standard InChI is InChI=1S/C18H19FO/c1-4-13-7-8-15(10-14(13)5-2)18(20)17-11-16(19)9-6-12(17)3/h6-11H,4-5H2,1-3H3. The van der Waals surface area contributed by atoms with Crippen LogP contribution in [-0.4, -0.2) is 5.78 Å². The summed E-state index contributed by atoms with van der Waals surface area (Å²) in [5.74, 6) is -0.487. The van der Waals surface area contributed by atoms with Crippen molar-refractivity contribution >= 4 is 5.78 Å². The highest BCUT2D eigenvalue weighted by atomic mass is 19.1. The quantitative estimate of drug-likeness (QED) is 0.748. The fourth-order valence-corrected chi connectivity index (χ4v) is 2.44. The lowest BCUT2D eigenvalue weighted by atomic mass is 9.94. The maximum Gasteiger partial charge on any atom is 0.193 e. The van der Waals surface area contributed by atoms with Crippen LogP contribution in [-0.2, 0) is 12.8 Å². The summed E-state index contributed by atoms with van der Waals surface area (Å²) in [7, 11) is 0. The van der Waals surface area contributed by atoms with E-state index < -0.39 is 0 Å². The van der Waals surface area contributed by atoms with Gasteiger partial charge in [0.2, 0.25) is 0 Å². The molecule has 0 aromatic heterocycles. The van der Waals surface area contributed by atoms with Crippen LogP contribution in [0, 0.1) is 12.7 Å². The third-order valence-electron chi connectivity index (χ3n) is 3.67. The maximum absolute atomic E-state index is 13.3. The molecule has 0 spiro atoms. The third kappa shape index (κ3) is 2.79. The highest BCUT2D eigenvalue weighted by Gasteiger charge is 2.14. The first-order valence-corrected chi connectivity index (χ1v) is 6.99. The maximum atomic E-state index is 13.3. The van der Waals surface area contributed by atoms with Gasteiger partial charge in [-0.3, -0.25) is 4.79 Å².